The Bertz CT molecular complexity index is 650. The van der Waals surface area contributed by atoms with Crippen molar-refractivity contribution in [3.05, 3.63) is 57.6 Å². The molecule has 2 nitrogen and oxygen atoms in total. The van der Waals surface area contributed by atoms with Crippen molar-refractivity contribution in [3.63, 3.8) is 0 Å². The standard InChI is InChI=1S/C14H10Cl2N2S/c15-12-3-2-11(6-13(12)16)19-14-4-1-9(7-17)5-10(14)8-18/h1-6H,7,17H2. The third-order valence-electron chi connectivity index (χ3n) is 2.52. The van der Waals surface area contributed by atoms with Crippen molar-refractivity contribution in [1.29, 1.82) is 5.26 Å². The summed E-state index contributed by atoms with van der Waals surface area (Å²) in [5.74, 6) is 0. The fraction of sp³-hybridized carbons (Fsp3) is 0.0714. The maximum atomic E-state index is 9.16. The van der Waals surface area contributed by atoms with Gasteiger partial charge in [0.25, 0.3) is 0 Å². The molecule has 0 radical (unpaired) electrons. The molecule has 0 spiro atoms. The molecule has 0 aromatic heterocycles. The summed E-state index contributed by atoms with van der Waals surface area (Å²) in [6.45, 7) is 0.423. The van der Waals surface area contributed by atoms with Gasteiger partial charge in [-0.2, -0.15) is 5.26 Å². The molecule has 0 saturated carbocycles. The molecule has 0 aliphatic rings. The highest BCUT2D eigenvalue weighted by Gasteiger charge is 2.07. The third-order valence-corrected chi connectivity index (χ3v) is 4.32. The van der Waals surface area contributed by atoms with Crippen LogP contribution in [-0.4, -0.2) is 0 Å². The van der Waals surface area contributed by atoms with Crippen LogP contribution in [0, 0.1) is 11.3 Å². The summed E-state index contributed by atoms with van der Waals surface area (Å²) in [7, 11) is 0. The largest absolute Gasteiger partial charge is 0.326 e. The van der Waals surface area contributed by atoms with Crippen molar-refractivity contribution in [3.8, 4) is 6.07 Å². The van der Waals surface area contributed by atoms with E-state index in [0.29, 0.717) is 22.2 Å². The Morgan fingerprint density at radius 1 is 1.11 bits per heavy atom. The number of nitrogens with two attached hydrogens (primary N) is 1. The first kappa shape index (κ1) is 14.2. The first-order chi connectivity index (χ1) is 9.13. The second-order valence-electron chi connectivity index (χ2n) is 3.82. The van der Waals surface area contributed by atoms with Gasteiger partial charge in [0.2, 0.25) is 0 Å². The first-order valence-corrected chi connectivity index (χ1v) is 7.07. The van der Waals surface area contributed by atoms with Crippen molar-refractivity contribution in [2.24, 2.45) is 5.73 Å². The number of hydrogen-bond donors (Lipinski definition) is 1. The Morgan fingerprint density at radius 3 is 2.53 bits per heavy atom. The van der Waals surface area contributed by atoms with Crippen LogP contribution in [0.1, 0.15) is 11.1 Å². The fourth-order valence-electron chi connectivity index (χ4n) is 1.55. The molecule has 0 aliphatic heterocycles. The van der Waals surface area contributed by atoms with Crippen molar-refractivity contribution < 1.29 is 0 Å². The lowest BCUT2D eigenvalue weighted by molar-refractivity contribution is 1.06. The van der Waals surface area contributed by atoms with Crippen molar-refractivity contribution >= 4 is 35.0 Å². The van der Waals surface area contributed by atoms with Crippen LogP contribution in [0.25, 0.3) is 0 Å². The van der Waals surface area contributed by atoms with E-state index in [0.717, 1.165) is 15.4 Å². The highest BCUT2D eigenvalue weighted by molar-refractivity contribution is 7.99. The first-order valence-electron chi connectivity index (χ1n) is 5.50. The number of hydrogen-bond acceptors (Lipinski definition) is 3. The van der Waals surface area contributed by atoms with Crippen molar-refractivity contribution in [1.82, 2.24) is 0 Å². The minimum Gasteiger partial charge on any atom is -0.326 e. The molecular weight excluding hydrogens is 299 g/mol. The fourth-order valence-corrected chi connectivity index (χ4v) is 2.83. The summed E-state index contributed by atoms with van der Waals surface area (Å²) in [4.78, 5) is 1.81. The van der Waals surface area contributed by atoms with Crippen LogP contribution >= 0.6 is 35.0 Å². The average molecular weight is 309 g/mol. The predicted molar refractivity (Wildman–Crippen MR) is 79.6 cm³/mol. The van der Waals surface area contributed by atoms with Gasteiger partial charge in [-0.3, -0.25) is 0 Å². The average Bonchev–Trinajstić information content (AvgIpc) is 2.43. The summed E-state index contributed by atoms with van der Waals surface area (Å²) in [6.07, 6.45) is 0. The minimum atomic E-state index is 0.423. The van der Waals surface area contributed by atoms with E-state index in [4.69, 9.17) is 34.2 Å². The smallest absolute Gasteiger partial charge is 0.100 e. The highest BCUT2D eigenvalue weighted by atomic mass is 35.5. The minimum absolute atomic E-state index is 0.423. The van der Waals surface area contributed by atoms with E-state index in [9.17, 15) is 0 Å². The summed E-state index contributed by atoms with van der Waals surface area (Å²) in [5.41, 5.74) is 7.11. The van der Waals surface area contributed by atoms with Gasteiger partial charge in [-0.1, -0.05) is 41.0 Å². The predicted octanol–water partition coefficient (Wildman–Crippen LogP) is 4.47. The maximum absolute atomic E-state index is 9.16. The monoisotopic (exact) mass is 308 g/mol. The molecule has 0 atom stereocenters. The molecule has 0 amide bonds. The van der Waals surface area contributed by atoms with Crippen LogP contribution in [0.4, 0.5) is 0 Å². The van der Waals surface area contributed by atoms with Crippen LogP contribution in [0.15, 0.2) is 46.2 Å². The second kappa shape index (κ2) is 6.31. The molecule has 0 heterocycles. The molecule has 0 aliphatic carbocycles. The van der Waals surface area contributed by atoms with Gasteiger partial charge in [0, 0.05) is 16.3 Å². The molecule has 19 heavy (non-hydrogen) atoms. The number of halogens is 2. The van der Waals surface area contributed by atoms with Gasteiger partial charge in [-0.25, -0.2) is 0 Å². The molecule has 96 valence electrons. The Labute approximate surface area is 126 Å². The Hall–Kier alpha value is -1.18. The molecule has 2 aromatic rings. The second-order valence-corrected chi connectivity index (χ2v) is 5.75. The molecule has 0 saturated heterocycles. The maximum Gasteiger partial charge on any atom is 0.100 e. The van der Waals surface area contributed by atoms with E-state index < -0.39 is 0 Å². The lowest BCUT2D eigenvalue weighted by Gasteiger charge is -2.06. The molecule has 0 unspecified atom stereocenters. The number of nitrogens with zero attached hydrogens (tertiary/aromatic N) is 1. The zero-order valence-electron chi connectivity index (χ0n) is 9.86. The molecule has 2 aromatic carbocycles. The molecule has 0 fully saturated rings. The Kier molecular flexibility index (Phi) is 4.73. The van der Waals surface area contributed by atoms with Gasteiger partial charge in [-0.05, 0) is 35.9 Å². The summed E-state index contributed by atoms with van der Waals surface area (Å²) in [6, 6.07) is 13.2. The van der Waals surface area contributed by atoms with Gasteiger partial charge < -0.3 is 5.73 Å². The zero-order valence-corrected chi connectivity index (χ0v) is 12.2. The van der Waals surface area contributed by atoms with E-state index in [2.05, 4.69) is 6.07 Å². The topological polar surface area (TPSA) is 49.8 Å². The quantitative estimate of drug-likeness (QED) is 0.909. The molecule has 0 bridgehead atoms. The van der Waals surface area contributed by atoms with Crippen LogP contribution in [0.3, 0.4) is 0 Å². The Balaban J connectivity index is 2.33. The number of nitriles is 1. The number of benzene rings is 2. The van der Waals surface area contributed by atoms with Crippen LogP contribution < -0.4 is 5.73 Å². The lowest BCUT2D eigenvalue weighted by Crippen LogP contribution is -1.96. The van der Waals surface area contributed by atoms with E-state index in [-0.39, 0.29) is 0 Å². The molecule has 2 N–H and O–H groups in total. The van der Waals surface area contributed by atoms with Gasteiger partial charge >= 0.3 is 0 Å². The van der Waals surface area contributed by atoms with Crippen LogP contribution in [0.2, 0.25) is 10.0 Å². The van der Waals surface area contributed by atoms with Gasteiger partial charge in [0.15, 0.2) is 0 Å². The van der Waals surface area contributed by atoms with Gasteiger partial charge in [0.05, 0.1) is 15.6 Å². The van der Waals surface area contributed by atoms with E-state index >= 15 is 0 Å². The normalized spacial score (nSPS) is 10.2. The summed E-state index contributed by atoms with van der Waals surface area (Å²) in [5, 5.41) is 10.2. The van der Waals surface area contributed by atoms with Crippen LogP contribution in [-0.2, 0) is 6.54 Å². The van der Waals surface area contributed by atoms with Crippen LogP contribution in [0.5, 0.6) is 0 Å². The Morgan fingerprint density at radius 2 is 1.89 bits per heavy atom. The third kappa shape index (κ3) is 3.43. The number of rotatable bonds is 3. The van der Waals surface area contributed by atoms with Gasteiger partial charge in [0.1, 0.15) is 6.07 Å². The SMILES string of the molecule is N#Cc1cc(CN)ccc1Sc1ccc(Cl)c(Cl)c1. The molecular formula is C14H10Cl2N2S. The van der Waals surface area contributed by atoms with E-state index in [1.165, 1.54) is 11.8 Å². The zero-order chi connectivity index (χ0) is 13.8. The summed E-state index contributed by atoms with van der Waals surface area (Å²) < 4.78 is 0. The summed E-state index contributed by atoms with van der Waals surface area (Å²) >= 11 is 13.3. The van der Waals surface area contributed by atoms with E-state index in [1.807, 2.05) is 18.2 Å². The van der Waals surface area contributed by atoms with Crippen molar-refractivity contribution in [2.45, 2.75) is 16.3 Å². The van der Waals surface area contributed by atoms with E-state index in [1.54, 1.807) is 18.2 Å². The molecule has 5 heteroatoms. The molecule has 2 rings (SSSR count). The van der Waals surface area contributed by atoms with Crippen molar-refractivity contribution in [2.75, 3.05) is 0 Å². The highest BCUT2D eigenvalue weighted by Crippen LogP contribution is 2.34. The van der Waals surface area contributed by atoms with Gasteiger partial charge in [-0.15, -0.1) is 0 Å². The lowest BCUT2D eigenvalue weighted by atomic mass is 10.1.